The number of rotatable bonds is 7. The number of nitrogens with zero attached hydrogens (tertiary/aromatic N) is 1. The van der Waals surface area contributed by atoms with Crippen molar-refractivity contribution in [3.8, 4) is 5.75 Å². The topological polar surface area (TPSA) is 54.4 Å². The van der Waals surface area contributed by atoms with Crippen molar-refractivity contribution in [3.05, 3.63) is 18.3 Å². The Hall–Kier alpha value is -1.29. The van der Waals surface area contributed by atoms with E-state index < -0.39 is 0 Å². The molecule has 1 aromatic rings. The molecule has 4 heteroatoms. The van der Waals surface area contributed by atoms with E-state index in [-0.39, 0.29) is 6.61 Å². The molecular weight excluding hydrogens is 204 g/mol. The molecule has 90 valence electrons. The Morgan fingerprint density at radius 3 is 3.06 bits per heavy atom. The molecule has 0 radical (unpaired) electrons. The maximum Gasteiger partial charge on any atom is 0.168 e. The van der Waals surface area contributed by atoms with Crippen LogP contribution in [0.25, 0.3) is 0 Å². The van der Waals surface area contributed by atoms with E-state index in [0.717, 1.165) is 31.0 Å². The van der Waals surface area contributed by atoms with E-state index in [2.05, 4.69) is 10.3 Å². The van der Waals surface area contributed by atoms with Gasteiger partial charge in [0.1, 0.15) is 0 Å². The maximum atomic E-state index is 8.88. The van der Waals surface area contributed by atoms with Gasteiger partial charge in [0.2, 0.25) is 0 Å². The highest BCUT2D eigenvalue weighted by Gasteiger charge is 2.03. The van der Waals surface area contributed by atoms with Gasteiger partial charge < -0.3 is 15.2 Å². The third-order valence-electron chi connectivity index (χ3n) is 2.47. The Kier molecular flexibility index (Phi) is 5.64. The lowest BCUT2D eigenvalue weighted by Gasteiger charge is -2.10. The second kappa shape index (κ2) is 7.06. The molecule has 1 unspecified atom stereocenters. The largest absolute Gasteiger partial charge is 0.493 e. The van der Waals surface area contributed by atoms with Gasteiger partial charge in [0.15, 0.2) is 11.6 Å². The zero-order valence-corrected chi connectivity index (χ0v) is 9.94. The fraction of sp³-hybridized carbons (Fsp3) is 0.583. The average Bonchev–Trinajstić information content (AvgIpc) is 2.34. The van der Waals surface area contributed by atoms with E-state index in [1.54, 1.807) is 13.3 Å². The number of aliphatic hydroxyl groups excluding tert-OH is 1. The Morgan fingerprint density at radius 1 is 1.56 bits per heavy atom. The van der Waals surface area contributed by atoms with Crippen LogP contribution in [0.5, 0.6) is 5.75 Å². The minimum Gasteiger partial charge on any atom is -0.493 e. The molecule has 0 saturated carbocycles. The van der Waals surface area contributed by atoms with Crippen LogP contribution in [-0.4, -0.2) is 30.4 Å². The summed E-state index contributed by atoms with van der Waals surface area (Å²) in [5.74, 6) is 1.91. The van der Waals surface area contributed by atoms with Crippen molar-refractivity contribution in [3.63, 3.8) is 0 Å². The molecule has 4 nitrogen and oxygen atoms in total. The Morgan fingerprint density at radius 2 is 2.38 bits per heavy atom. The molecular formula is C12H20N2O2. The Balaban J connectivity index is 2.31. The first-order valence-corrected chi connectivity index (χ1v) is 5.61. The monoisotopic (exact) mass is 224 g/mol. The number of nitrogens with one attached hydrogen (secondary N) is 1. The number of ether oxygens (including phenoxy) is 1. The first kappa shape index (κ1) is 12.8. The van der Waals surface area contributed by atoms with Gasteiger partial charge in [-0.25, -0.2) is 4.98 Å². The van der Waals surface area contributed by atoms with E-state index in [0.29, 0.717) is 5.92 Å². The predicted molar refractivity (Wildman–Crippen MR) is 64.8 cm³/mol. The maximum absolute atomic E-state index is 8.88. The van der Waals surface area contributed by atoms with Crippen LogP contribution in [0.1, 0.15) is 19.8 Å². The van der Waals surface area contributed by atoms with E-state index in [1.165, 1.54) is 0 Å². The van der Waals surface area contributed by atoms with Crippen molar-refractivity contribution < 1.29 is 9.84 Å². The molecule has 0 bridgehead atoms. The van der Waals surface area contributed by atoms with Gasteiger partial charge in [0.05, 0.1) is 7.11 Å². The lowest BCUT2D eigenvalue weighted by atomic mass is 10.1. The molecule has 0 fully saturated rings. The number of methoxy groups -OCH3 is 1. The molecule has 0 aromatic carbocycles. The summed E-state index contributed by atoms with van der Waals surface area (Å²) >= 11 is 0. The van der Waals surface area contributed by atoms with E-state index in [1.807, 2.05) is 19.1 Å². The van der Waals surface area contributed by atoms with Crippen molar-refractivity contribution in [2.75, 3.05) is 25.6 Å². The molecule has 16 heavy (non-hydrogen) atoms. The molecule has 2 N–H and O–H groups in total. The third-order valence-corrected chi connectivity index (χ3v) is 2.47. The summed E-state index contributed by atoms with van der Waals surface area (Å²) in [6.07, 6.45) is 3.77. The number of pyridine rings is 1. The summed E-state index contributed by atoms with van der Waals surface area (Å²) in [5.41, 5.74) is 0. The van der Waals surface area contributed by atoms with E-state index in [4.69, 9.17) is 9.84 Å². The van der Waals surface area contributed by atoms with Crippen molar-refractivity contribution in [1.82, 2.24) is 4.98 Å². The number of hydrogen-bond acceptors (Lipinski definition) is 4. The molecule has 0 aliphatic rings. The van der Waals surface area contributed by atoms with Crippen LogP contribution in [0.3, 0.4) is 0 Å². The summed E-state index contributed by atoms with van der Waals surface area (Å²) in [4.78, 5) is 4.20. The van der Waals surface area contributed by atoms with Crippen LogP contribution in [0.2, 0.25) is 0 Å². The molecule has 0 aliphatic carbocycles. The van der Waals surface area contributed by atoms with Crippen molar-refractivity contribution in [2.45, 2.75) is 19.8 Å². The normalized spacial score (nSPS) is 12.2. The number of anilines is 1. The van der Waals surface area contributed by atoms with Gasteiger partial charge in [-0.05, 0) is 30.9 Å². The van der Waals surface area contributed by atoms with Gasteiger partial charge in [-0.1, -0.05) is 6.92 Å². The first-order chi connectivity index (χ1) is 7.77. The van der Waals surface area contributed by atoms with Crippen LogP contribution in [0.4, 0.5) is 5.82 Å². The highest BCUT2D eigenvalue weighted by molar-refractivity contribution is 5.49. The lowest BCUT2D eigenvalue weighted by Crippen LogP contribution is -2.08. The van der Waals surface area contributed by atoms with Crippen LogP contribution in [-0.2, 0) is 0 Å². The molecule has 1 rings (SSSR count). The summed E-state index contributed by atoms with van der Waals surface area (Å²) in [6.45, 7) is 3.14. The highest BCUT2D eigenvalue weighted by atomic mass is 16.5. The SMILES string of the molecule is COc1cccnc1NCCCC(C)CO. The zero-order valence-electron chi connectivity index (χ0n) is 9.94. The molecule has 0 aliphatic heterocycles. The molecule has 1 aromatic heterocycles. The van der Waals surface area contributed by atoms with Gasteiger partial charge in [0.25, 0.3) is 0 Å². The van der Waals surface area contributed by atoms with Crippen LogP contribution in [0.15, 0.2) is 18.3 Å². The minimum absolute atomic E-state index is 0.257. The molecule has 0 spiro atoms. The van der Waals surface area contributed by atoms with Gasteiger partial charge in [-0.3, -0.25) is 0 Å². The van der Waals surface area contributed by atoms with Gasteiger partial charge in [0, 0.05) is 19.3 Å². The standard InChI is InChI=1S/C12H20N2O2/c1-10(9-15)5-3-7-13-12-11(16-2)6-4-8-14-12/h4,6,8,10,15H,3,5,7,9H2,1-2H3,(H,13,14). The van der Waals surface area contributed by atoms with Crippen LogP contribution >= 0.6 is 0 Å². The summed E-state index contributed by atoms with van der Waals surface area (Å²) in [7, 11) is 1.63. The van der Waals surface area contributed by atoms with Crippen LogP contribution in [0, 0.1) is 5.92 Å². The fourth-order valence-corrected chi connectivity index (χ4v) is 1.44. The molecule has 0 saturated heterocycles. The third kappa shape index (κ3) is 4.06. The molecule has 0 amide bonds. The van der Waals surface area contributed by atoms with E-state index in [9.17, 15) is 0 Å². The van der Waals surface area contributed by atoms with E-state index >= 15 is 0 Å². The molecule has 1 atom stereocenters. The first-order valence-electron chi connectivity index (χ1n) is 5.61. The van der Waals surface area contributed by atoms with Gasteiger partial charge in [-0.2, -0.15) is 0 Å². The van der Waals surface area contributed by atoms with Gasteiger partial charge in [-0.15, -0.1) is 0 Å². The van der Waals surface area contributed by atoms with Crippen molar-refractivity contribution in [1.29, 1.82) is 0 Å². The smallest absolute Gasteiger partial charge is 0.168 e. The predicted octanol–water partition coefficient (Wildman–Crippen LogP) is 1.91. The average molecular weight is 224 g/mol. The fourth-order valence-electron chi connectivity index (χ4n) is 1.44. The highest BCUT2D eigenvalue weighted by Crippen LogP contribution is 2.19. The quantitative estimate of drug-likeness (QED) is 0.695. The van der Waals surface area contributed by atoms with Crippen LogP contribution < -0.4 is 10.1 Å². The second-order valence-corrected chi connectivity index (χ2v) is 3.91. The number of aliphatic hydroxyl groups is 1. The second-order valence-electron chi connectivity index (χ2n) is 3.91. The summed E-state index contributed by atoms with van der Waals surface area (Å²) < 4.78 is 5.18. The minimum atomic E-state index is 0.257. The van der Waals surface area contributed by atoms with Crippen molar-refractivity contribution >= 4 is 5.82 Å². The Labute approximate surface area is 96.7 Å². The summed E-state index contributed by atoms with van der Waals surface area (Å²) in [6, 6.07) is 3.73. The zero-order chi connectivity index (χ0) is 11.8. The number of aromatic nitrogens is 1. The lowest BCUT2D eigenvalue weighted by molar-refractivity contribution is 0.229. The Bertz CT molecular complexity index is 305. The van der Waals surface area contributed by atoms with Gasteiger partial charge >= 0.3 is 0 Å². The van der Waals surface area contributed by atoms with Crippen molar-refractivity contribution in [2.24, 2.45) is 5.92 Å². The number of hydrogen-bond donors (Lipinski definition) is 2. The summed E-state index contributed by atoms with van der Waals surface area (Å²) in [5, 5.41) is 12.1. The molecule has 1 heterocycles.